The van der Waals surface area contributed by atoms with Crippen LogP contribution in [-0.2, 0) is 9.59 Å². The summed E-state index contributed by atoms with van der Waals surface area (Å²) in [5, 5.41) is 22.2. The number of amides is 1. The Morgan fingerprint density at radius 1 is 1.33 bits per heavy atom. The molecule has 1 aromatic rings. The molecule has 1 amide bonds. The Balaban J connectivity index is 2.78. The van der Waals surface area contributed by atoms with E-state index in [0.29, 0.717) is 11.3 Å². The second kappa shape index (κ2) is 6.34. The minimum atomic E-state index is -0.973. The van der Waals surface area contributed by atoms with Gasteiger partial charge in [0.05, 0.1) is 11.3 Å². The number of nitrogens with zero attached hydrogens (tertiary/aromatic N) is 1. The topological polar surface area (TPSA) is 110 Å². The van der Waals surface area contributed by atoms with Crippen LogP contribution in [0.5, 0.6) is 0 Å². The zero-order valence-electron chi connectivity index (χ0n) is 12.2. The maximum absolute atomic E-state index is 11.9. The van der Waals surface area contributed by atoms with E-state index in [1.54, 1.807) is 32.9 Å². The molecule has 0 radical (unpaired) electrons. The van der Waals surface area contributed by atoms with Gasteiger partial charge in [0.25, 0.3) is 5.69 Å². The smallest absolute Gasteiger partial charge is 0.303 e. The molecule has 114 valence electrons. The standard InChI is InChI=1S/C14H18N2O5/c1-9-4-5-10(6-11(9)16(20)21)15-12(17)7-14(2,3)8-13(18)19/h4-6H,7-8H2,1-3H3,(H,15,17)(H,18,19). The summed E-state index contributed by atoms with van der Waals surface area (Å²) in [4.78, 5) is 32.9. The van der Waals surface area contributed by atoms with Crippen LogP contribution in [0.25, 0.3) is 0 Å². The SMILES string of the molecule is Cc1ccc(NC(=O)CC(C)(C)CC(=O)O)cc1[N+](=O)[O-]. The summed E-state index contributed by atoms with van der Waals surface area (Å²) in [7, 11) is 0. The third-order valence-electron chi connectivity index (χ3n) is 2.96. The van der Waals surface area contributed by atoms with Gasteiger partial charge in [-0.1, -0.05) is 19.9 Å². The second-order valence-corrected chi connectivity index (χ2v) is 5.72. The minimum Gasteiger partial charge on any atom is -0.481 e. The summed E-state index contributed by atoms with van der Waals surface area (Å²) in [6.45, 7) is 4.97. The quantitative estimate of drug-likeness (QED) is 0.619. The lowest BCUT2D eigenvalue weighted by molar-refractivity contribution is -0.385. The molecule has 0 saturated carbocycles. The van der Waals surface area contributed by atoms with Crippen molar-refractivity contribution in [3.8, 4) is 0 Å². The molecular weight excluding hydrogens is 276 g/mol. The minimum absolute atomic E-state index is 0.0149. The van der Waals surface area contributed by atoms with Gasteiger partial charge in [-0.25, -0.2) is 0 Å². The molecule has 0 spiro atoms. The van der Waals surface area contributed by atoms with Crippen molar-refractivity contribution < 1.29 is 19.6 Å². The number of hydrogen-bond donors (Lipinski definition) is 2. The normalized spacial score (nSPS) is 11.0. The zero-order chi connectivity index (χ0) is 16.2. The van der Waals surface area contributed by atoms with Gasteiger partial charge in [-0.3, -0.25) is 19.7 Å². The molecule has 1 rings (SSSR count). The Hall–Kier alpha value is -2.44. The average molecular weight is 294 g/mol. The summed E-state index contributed by atoms with van der Waals surface area (Å²) in [6.07, 6.45) is -0.116. The lowest BCUT2D eigenvalue weighted by atomic mass is 9.85. The molecule has 0 saturated heterocycles. The first kappa shape index (κ1) is 16.6. The van der Waals surface area contributed by atoms with Crippen LogP contribution in [0.1, 0.15) is 32.3 Å². The Labute approximate surface area is 122 Å². The zero-order valence-corrected chi connectivity index (χ0v) is 12.2. The molecular formula is C14H18N2O5. The molecule has 0 heterocycles. The van der Waals surface area contributed by atoms with E-state index in [0.717, 1.165) is 0 Å². The van der Waals surface area contributed by atoms with Crippen LogP contribution in [-0.4, -0.2) is 21.9 Å². The fourth-order valence-corrected chi connectivity index (χ4v) is 2.00. The summed E-state index contributed by atoms with van der Waals surface area (Å²) < 4.78 is 0. The highest BCUT2D eigenvalue weighted by Gasteiger charge is 2.25. The van der Waals surface area contributed by atoms with Crippen LogP contribution in [0.4, 0.5) is 11.4 Å². The highest BCUT2D eigenvalue weighted by Crippen LogP contribution is 2.27. The fraction of sp³-hybridized carbons (Fsp3) is 0.429. The number of hydrogen-bond acceptors (Lipinski definition) is 4. The Morgan fingerprint density at radius 2 is 1.95 bits per heavy atom. The predicted molar refractivity (Wildman–Crippen MR) is 77.1 cm³/mol. The molecule has 0 bridgehead atoms. The largest absolute Gasteiger partial charge is 0.481 e. The van der Waals surface area contributed by atoms with Crippen molar-refractivity contribution in [2.45, 2.75) is 33.6 Å². The number of anilines is 1. The van der Waals surface area contributed by atoms with Crippen LogP contribution in [0.2, 0.25) is 0 Å². The molecule has 0 aromatic heterocycles. The number of carbonyl (C=O) groups is 2. The number of benzene rings is 1. The number of carboxylic acid groups (broad SMARTS) is 1. The van der Waals surface area contributed by atoms with E-state index in [-0.39, 0.29) is 24.4 Å². The number of nitrogens with one attached hydrogen (secondary N) is 1. The summed E-state index contributed by atoms with van der Waals surface area (Å²) in [5.41, 5.74) is 0.0669. The summed E-state index contributed by atoms with van der Waals surface area (Å²) in [6, 6.07) is 4.41. The van der Waals surface area contributed by atoms with Gasteiger partial charge in [0.1, 0.15) is 0 Å². The lowest BCUT2D eigenvalue weighted by Gasteiger charge is -2.21. The Kier molecular flexibility index (Phi) is 5.02. The van der Waals surface area contributed by atoms with E-state index in [2.05, 4.69) is 5.32 Å². The Bertz CT molecular complexity index is 581. The maximum atomic E-state index is 11.9. The van der Waals surface area contributed by atoms with Crippen LogP contribution in [0.15, 0.2) is 18.2 Å². The van der Waals surface area contributed by atoms with Gasteiger partial charge < -0.3 is 10.4 Å². The van der Waals surface area contributed by atoms with Gasteiger partial charge in [0.2, 0.25) is 5.91 Å². The number of aliphatic carboxylic acids is 1. The van der Waals surface area contributed by atoms with Crippen molar-refractivity contribution in [1.29, 1.82) is 0 Å². The molecule has 0 atom stereocenters. The lowest BCUT2D eigenvalue weighted by Crippen LogP contribution is -2.24. The molecule has 0 aliphatic heterocycles. The van der Waals surface area contributed by atoms with Crippen molar-refractivity contribution in [1.82, 2.24) is 0 Å². The van der Waals surface area contributed by atoms with Crippen LogP contribution in [0, 0.1) is 22.5 Å². The van der Waals surface area contributed by atoms with Gasteiger partial charge in [-0.15, -0.1) is 0 Å². The maximum Gasteiger partial charge on any atom is 0.303 e. The molecule has 1 aromatic carbocycles. The van der Waals surface area contributed by atoms with Gasteiger partial charge in [0, 0.05) is 23.7 Å². The van der Waals surface area contributed by atoms with E-state index in [4.69, 9.17) is 5.11 Å². The van der Waals surface area contributed by atoms with Crippen molar-refractivity contribution in [3.63, 3.8) is 0 Å². The number of aryl methyl sites for hydroxylation is 1. The van der Waals surface area contributed by atoms with E-state index in [9.17, 15) is 19.7 Å². The molecule has 0 unspecified atom stereocenters. The van der Waals surface area contributed by atoms with Crippen molar-refractivity contribution in [2.24, 2.45) is 5.41 Å². The summed E-state index contributed by atoms with van der Waals surface area (Å²) in [5.74, 6) is -1.35. The number of nitro groups is 1. The van der Waals surface area contributed by atoms with Crippen LogP contribution >= 0.6 is 0 Å². The van der Waals surface area contributed by atoms with Gasteiger partial charge in [-0.2, -0.15) is 0 Å². The first-order valence-electron chi connectivity index (χ1n) is 6.37. The average Bonchev–Trinajstić information content (AvgIpc) is 2.28. The number of rotatable bonds is 6. The Morgan fingerprint density at radius 3 is 2.48 bits per heavy atom. The van der Waals surface area contributed by atoms with Crippen LogP contribution in [0.3, 0.4) is 0 Å². The number of nitro benzene ring substituents is 1. The van der Waals surface area contributed by atoms with Gasteiger partial charge in [-0.05, 0) is 18.4 Å². The van der Waals surface area contributed by atoms with Gasteiger partial charge in [0.15, 0.2) is 0 Å². The molecule has 21 heavy (non-hydrogen) atoms. The number of carbonyl (C=O) groups excluding carboxylic acids is 1. The van der Waals surface area contributed by atoms with Gasteiger partial charge >= 0.3 is 5.97 Å². The molecule has 7 heteroatoms. The first-order valence-corrected chi connectivity index (χ1v) is 6.37. The van der Waals surface area contributed by atoms with E-state index >= 15 is 0 Å². The molecule has 2 N–H and O–H groups in total. The highest BCUT2D eigenvalue weighted by molar-refractivity contribution is 5.91. The van der Waals surface area contributed by atoms with E-state index in [1.807, 2.05) is 0 Å². The third kappa shape index (κ3) is 5.21. The molecule has 7 nitrogen and oxygen atoms in total. The van der Waals surface area contributed by atoms with E-state index in [1.165, 1.54) is 6.07 Å². The highest BCUT2D eigenvalue weighted by atomic mass is 16.6. The second-order valence-electron chi connectivity index (χ2n) is 5.72. The fourth-order valence-electron chi connectivity index (χ4n) is 2.00. The summed E-state index contributed by atoms with van der Waals surface area (Å²) >= 11 is 0. The van der Waals surface area contributed by atoms with Crippen LogP contribution < -0.4 is 5.32 Å². The third-order valence-corrected chi connectivity index (χ3v) is 2.96. The van der Waals surface area contributed by atoms with E-state index < -0.39 is 16.3 Å². The monoisotopic (exact) mass is 294 g/mol. The number of carboxylic acids is 1. The van der Waals surface area contributed by atoms with Crippen molar-refractivity contribution >= 4 is 23.3 Å². The predicted octanol–water partition coefficient (Wildman–Crippen LogP) is 2.73. The first-order chi connectivity index (χ1) is 9.60. The molecule has 0 fully saturated rings. The molecule has 0 aliphatic carbocycles. The molecule has 0 aliphatic rings. The van der Waals surface area contributed by atoms with Crippen molar-refractivity contribution in [2.75, 3.05) is 5.32 Å². The van der Waals surface area contributed by atoms with Crippen molar-refractivity contribution in [3.05, 3.63) is 33.9 Å².